The van der Waals surface area contributed by atoms with Crippen LogP contribution in [0.25, 0.3) is 16.6 Å². The van der Waals surface area contributed by atoms with Crippen molar-refractivity contribution in [3.05, 3.63) is 89.4 Å². The van der Waals surface area contributed by atoms with Gasteiger partial charge in [0.2, 0.25) is 5.91 Å². The third kappa shape index (κ3) is 4.86. The molecule has 7 nitrogen and oxygen atoms in total. The summed E-state index contributed by atoms with van der Waals surface area (Å²) in [7, 11) is 0. The molecule has 2 aromatic carbocycles. The van der Waals surface area contributed by atoms with Crippen molar-refractivity contribution in [3.8, 4) is 16.3 Å². The van der Waals surface area contributed by atoms with Gasteiger partial charge in [0.15, 0.2) is 6.61 Å². The molecule has 164 valence electrons. The summed E-state index contributed by atoms with van der Waals surface area (Å²) in [6.07, 6.45) is 5.19. The molecule has 8 heteroatoms. The van der Waals surface area contributed by atoms with Crippen molar-refractivity contribution in [2.24, 2.45) is 0 Å². The van der Waals surface area contributed by atoms with Crippen molar-refractivity contribution in [1.29, 1.82) is 0 Å². The summed E-state index contributed by atoms with van der Waals surface area (Å²) < 4.78 is 7.23. The van der Waals surface area contributed by atoms with Crippen LogP contribution < -0.4 is 15.4 Å². The molecule has 5 rings (SSSR count). The minimum atomic E-state index is -0.286. The highest BCUT2D eigenvalue weighted by Gasteiger charge is 2.16. The molecule has 0 unspecified atom stereocenters. The summed E-state index contributed by atoms with van der Waals surface area (Å²) >= 11 is 1.60. The van der Waals surface area contributed by atoms with Crippen LogP contribution in [0.5, 0.6) is 5.75 Å². The third-order valence-corrected chi connectivity index (χ3v) is 5.90. The maximum atomic E-state index is 12.6. The summed E-state index contributed by atoms with van der Waals surface area (Å²) in [5, 5.41) is 12.3. The van der Waals surface area contributed by atoms with Crippen molar-refractivity contribution in [1.82, 2.24) is 9.78 Å². The second-order valence-corrected chi connectivity index (χ2v) is 8.41. The number of carbonyl (C=O) groups excluding carboxylic acids is 2. The highest BCUT2D eigenvalue weighted by molar-refractivity contribution is 7.13. The monoisotopic (exact) mass is 456 g/mol. The number of amides is 2. The number of benzene rings is 2. The number of aromatic nitrogens is 2. The highest BCUT2D eigenvalue weighted by Crippen LogP contribution is 2.31. The molecule has 0 saturated heterocycles. The van der Waals surface area contributed by atoms with Gasteiger partial charge in [0.1, 0.15) is 11.4 Å². The second-order valence-electron chi connectivity index (χ2n) is 7.46. The smallest absolute Gasteiger partial charge is 0.262 e. The topological polar surface area (TPSA) is 85.3 Å². The van der Waals surface area contributed by atoms with E-state index < -0.39 is 0 Å². The number of hydrogen-bond donors (Lipinski definition) is 2. The first-order valence-corrected chi connectivity index (χ1v) is 11.2. The van der Waals surface area contributed by atoms with Gasteiger partial charge in [-0.05, 0) is 41.3 Å². The SMILES string of the molecule is O=C(/C=C/c1cn(Cc2ccccc2)nc1-c1cccs1)Nc1ccc2c(c1)NC(=O)CO2. The van der Waals surface area contributed by atoms with Crippen LogP contribution in [0.15, 0.2) is 78.3 Å². The summed E-state index contributed by atoms with van der Waals surface area (Å²) in [5.74, 6) is 0.0694. The Morgan fingerprint density at radius 2 is 2.06 bits per heavy atom. The van der Waals surface area contributed by atoms with E-state index in [9.17, 15) is 9.59 Å². The molecule has 1 aliphatic heterocycles. The van der Waals surface area contributed by atoms with Crippen molar-refractivity contribution < 1.29 is 14.3 Å². The van der Waals surface area contributed by atoms with Crippen LogP contribution in [0.4, 0.5) is 11.4 Å². The molecule has 0 spiro atoms. The lowest BCUT2D eigenvalue weighted by Crippen LogP contribution is -2.25. The Balaban J connectivity index is 1.34. The predicted octanol–water partition coefficient (Wildman–Crippen LogP) is 4.64. The van der Waals surface area contributed by atoms with Gasteiger partial charge >= 0.3 is 0 Å². The predicted molar refractivity (Wildman–Crippen MR) is 129 cm³/mol. The molecular formula is C25H20N4O3S. The number of anilines is 2. The Morgan fingerprint density at radius 1 is 1.18 bits per heavy atom. The van der Waals surface area contributed by atoms with Crippen LogP contribution >= 0.6 is 11.3 Å². The first-order valence-electron chi connectivity index (χ1n) is 10.3. The maximum Gasteiger partial charge on any atom is 0.262 e. The molecule has 4 aromatic rings. The number of fused-ring (bicyclic) bond motifs is 1. The zero-order chi connectivity index (χ0) is 22.6. The van der Waals surface area contributed by atoms with Crippen LogP contribution in [0.2, 0.25) is 0 Å². The normalized spacial score (nSPS) is 12.8. The third-order valence-electron chi connectivity index (χ3n) is 5.03. The van der Waals surface area contributed by atoms with E-state index in [-0.39, 0.29) is 18.4 Å². The van der Waals surface area contributed by atoms with Crippen molar-refractivity contribution in [3.63, 3.8) is 0 Å². The van der Waals surface area contributed by atoms with Crippen molar-refractivity contribution >= 4 is 40.6 Å². The fourth-order valence-electron chi connectivity index (χ4n) is 3.53. The molecule has 2 N–H and O–H groups in total. The summed E-state index contributed by atoms with van der Waals surface area (Å²) in [4.78, 5) is 25.1. The number of nitrogens with zero attached hydrogens (tertiary/aromatic N) is 2. The number of thiophene rings is 1. The van der Waals surface area contributed by atoms with Crippen molar-refractivity contribution in [2.45, 2.75) is 6.54 Å². The molecule has 0 radical (unpaired) electrons. The largest absolute Gasteiger partial charge is 0.482 e. The molecular weight excluding hydrogens is 436 g/mol. The molecule has 0 saturated carbocycles. The molecule has 1 aliphatic rings. The van der Waals surface area contributed by atoms with Gasteiger partial charge in [-0.15, -0.1) is 11.3 Å². The van der Waals surface area contributed by atoms with E-state index in [0.717, 1.165) is 21.7 Å². The van der Waals surface area contributed by atoms with Gasteiger partial charge in [-0.2, -0.15) is 5.10 Å². The molecule has 0 bridgehead atoms. The average molecular weight is 457 g/mol. The quantitative estimate of drug-likeness (QED) is 0.414. The lowest BCUT2D eigenvalue weighted by molar-refractivity contribution is -0.118. The Bertz CT molecular complexity index is 1330. The summed E-state index contributed by atoms with van der Waals surface area (Å²) in [5.41, 5.74) is 3.94. The lowest BCUT2D eigenvalue weighted by atomic mass is 10.2. The van der Waals surface area contributed by atoms with Gasteiger partial charge in [0, 0.05) is 23.5 Å². The van der Waals surface area contributed by atoms with Gasteiger partial charge in [-0.3, -0.25) is 14.3 Å². The summed E-state index contributed by atoms with van der Waals surface area (Å²) in [6, 6.07) is 19.2. The van der Waals surface area contributed by atoms with E-state index in [2.05, 4.69) is 22.8 Å². The van der Waals surface area contributed by atoms with Gasteiger partial charge in [0.05, 0.1) is 17.1 Å². The Kier molecular flexibility index (Phi) is 5.73. The van der Waals surface area contributed by atoms with E-state index in [1.165, 1.54) is 6.08 Å². The van der Waals surface area contributed by atoms with E-state index >= 15 is 0 Å². The average Bonchev–Trinajstić information content (AvgIpc) is 3.48. The van der Waals surface area contributed by atoms with Crippen LogP contribution in [-0.4, -0.2) is 28.2 Å². The van der Waals surface area contributed by atoms with Gasteiger partial charge < -0.3 is 15.4 Å². The number of ether oxygens (including phenoxy) is 1. The number of carbonyl (C=O) groups is 2. The molecule has 0 fully saturated rings. The molecule has 2 aromatic heterocycles. The molecule has 0 aliphatic carbocycles. The maximum absolute atomic E-state index is 12.6. The van der Waals surface area contributed by atoms with Gasteiger partial charge in [-0.25, -0.2) is 0 Å². The first kappa shape index (κ1) is 20.7. The van der Waals surface area contributed by atoms with Crippen LogP contribution in [-0.2, 0) is 16.1 Å². The van der Waals surface area contributed by atoms with E-state index in [1.54, 1.807) is 35.6 Å². The number of rotatable bonds is 6. The number of hydrogen-bond acceptors (Lipinski definition) is 5. The Labute approximate surface area is 194 Å². The fraction of sp³-hybridized carbons (Fsp3) is 0.0800. The van der Waals surface area contributed by atoms with Gasteiger partial charge in [-0.1, -0.05) is 36.4 Å². The zero-order valence-corrected chi connectivity index (χ0v) is 18.3. The van der Waals surface area contributed by atoms with Crippen LogP contribution in [0, 0.1) is 0 Å². The molecule has 33 heavy (non-hydrogen) atoms. The minimum absolute atomic E-state index is 0.00796. The Hall–Kier alpha value is -4.17. The van der Waals surface area contributed by atoms with E-state index in [0.29, 0.717) is 23.7 Å². The van der Waals surface area contributed by atoms with Crippen LogP contribution in [0.3, 0.4) is 0 Å². The van der Waals surface area contributed by atoms with Gasteiger partial charge in [0.25, 0.3) is 5.91 Å². The van der Waals surface area contributed by atoms with Crippen LogP contribution in [0.1, 0.15) is 11.1 Å². The zero-order valence-electron chi connectivity index (χ0n) is 17.5. The van der Waals surface area contributed by atoms with Crippen molar-refractivity contribution in [2.75, 3.05) is 17.2 Å². The summed E-state index contributed by atoms with van der Waals surface area (Å²) in [6.45, 7) is 0.633. The van der Waals surface area contributed by atoms with E-state index in [1.807, 2.05) is 46.6 Å². The Morgan fingerprint density at radius 3 is 2.88 bits per heavy atom. The van der Waals surface area contributed by atoms with E-state index in [4.69, 9.17) is 9.84 Å². The number of nitrogens with one attached hydrogen (secondary N) is 2. The molecule has 3 heterocycles. The minimum Gasteiger partial charge on any atom is -0.482 e. The highest BCUT2D eigenvalue weighted by atomic mass is 32.1. The molecule has 2 amide bonds. The lowest BCUT2D eigenvalue weighted by Gasteiger charge is -2.18. The second kappa shape index (κ2) is 9.13. The standard InChI is InChI=1S/C25H20N4O3S/c30-23(26-19-9-10-21-20(13-19)27-24(31)16-32-21)11-8-18-15-29(14-17-5-2-1-3-6-17)28-25(18)22-7-4-12-33-22/h1-13,15H,14,16H2,(H,26,30)(H,27,31)/b11-8+. The fourth-order valence-corrected chi connectivity index (χ4v) is 4.26. The molecule has 0 atom stereocenters. The first-order chi connectivity index (χ1) is 16.1.